The zero-order chi connectivity index (χ0) is 19.1. The normalized spacial score (nSPS) is 13.1. The Kier molecular flexibility index (Phi) is 8.42. The van der Waals surface area contributed by atoms with E-state index in [9.17, 15) is 9.59 Å². The van der Waals surface area contributed by atoms with Gasteiger partial charge in [0.2, 0.25) is 0 Å². The van der Waals surface area contributed by atoms with Gasteiger partial charge >= 0.3 is 0 Å². The lowest BCUT2D eigenvalue weighted by Gasteiger charge is -2.22. The third kappa shape index (κ3) is 5.53. The van der Waals surface area contributed by atoms with E-state index in [1.54, 1.807) is 28.0 Å². The molecule has 0 spiro atoms. The summed E-state index contributed by atoms with van der Waals surface area (Å²) in [5.41, 5.74) is 7.49. The predicted molar refractivity (Wildman–Crippen MR) is 112 cm³/mol. The molecule has 2 heterocycles. The molecule has 0 aliphatic carbocycles. The molecule has 1 aromatic carbocycles. The standard InChI is InChI=1S/C21H26N4O2.ClH/c22-12-16-25(15-11-17-7-2-1-3-8-17)21(27)19-10-6-9-18(23-19)20(26)24-13-4-5-14-24;/h1-3,6-10H,4-5,11-16,22H2;1H. The van der Waals surface area contributed by atoms with Crippen molar-refractivity contribution in [3.05, 3.63) is 65.5 Å². The van der Waals surface area contributed by atoms with Crippen molar-refractivity contribution in [2.75, 3.05) is 32.7 Å². The van der Waals surface area contributed by atoms with E-state index in [-0.39, 0.29) is 24.2 Å². The number of carbonyl (C=O) groups is 2. The maximum absolute atomic E-state index is 12.9. The van der Waals surface area contributed by atoms with Crippen molar-refractivity contribution in [3.8, 4) is 0 Å². The zero-order valence-corrected chi connectivity index (χ0v) is 16.7. The van der Waals surface area contributed by atoms with Gasteiger partial charge in [0.1, 0.15) is 11.4 Å². The molecule has 3 rings (SSSR count). The molecule has 2 aromatic rings. The maximum atomic E-state index is 12.9. The van der Waals surface area contributed by atoms with Gasteiger partial charge in [-0.05, 0) is 37.0 Å². The van der Waals surface area contributed by atoms with Gasteiger partial charge < -0.3 is 15.5 Å². The van der Waals surface area contributed by atoms with Crippen molar-refractivity contribution in [1.29, 1.82) is 0 Å². The number of rotatable bonds is 7. The van der Waals surface area contributed by atoms with Crippen molar-refractivity contribution in [2.24, 2.45) is 5.73 Å². The van der Waals surface area contributed by atoms with Gasteiger partial charge in [0.25, 0.3) is 11.8 Å². The monoisotopic (exact) mass is 402 g/mol. The van der Waals surface area contributed by atoms with Crippen molar-refractivity contribution in [1.82, 2.24) is 14.8 Å². The minimum Gasteiger partial charge on any atom is -0.337 e. The fraction of sp³-hybridized carbons (Fsp3) is 0.381. The van der Waals surface area contributed by atoms with E-state index < -0.39 is 0 Å². The molecule has 0 unspecified atom stereocenters. The lowest BCUT2D eigenvalue weighted by atomic mass is 10.1. The smallest absolute Gasteiger partial charge is 0.272 e. The van der Waals surface area contributed by atoms with E-state index in [0.717, 1.165) is 32.4 Å². The summed E-state index contributed by atoms with van der Waals surface area (Å²) in [5, 5.41) is 0. The van der Waals surface area contributed by atoms with Crippen molar-refractivity contribution in [2.45, 2.75) is 19.3 Å². The average Bonchev–Trinajstić information content (AvgIpc) is 3.26. The van der Waals surface area contributed by atoms with E-state index in [0.29, 0.717) is 31.0 Å². The summed E-state index contributed by atoms with van der Waals surface area (Å²) in [5.74, 6) is -0.288. The maximum Gasteiger partial charge on any atom is 0.272 e. The van der Waals surface area contributed by atoms with Gasteiger partial charge in [-0.1, -0.05) is 36.4 Å². The average molecular weight is 403 g/mol. The van der Waals surface area contributed by atoms with Crippen LogP contribution in [0.1, 0.15) is 39.4 Å². The minimum atomic E-state index is -0.188. The van der Waals surface area contributed by atoms with Gasteiger partial charge in [0.05, 0.1) is 0 Å². The zero-order valence-electron chi connectivity index (χ0n) is 15.9. The third-order valence-electron chi connectivity index (χ3n) is 4.78. The van der Waals surface area contributed by atoms with Gasteiger partial charge in [0, 0.05) is 32.7 Å². The Labute approximate surface area is 172 Å². The minimum absolute atomic E-state index is 0. The highest BCUT2D eigenvalue weighted by atomic mass is 35.5. The van der Waals surface area contributed by atoms with E-state index in [4.69, 9.17) is 5.73 Å². The van der Waals surface area contributed by atoms with Gasteiger partial charge in [-0.25, -0.2) is 4.98 Å². The summed E-state index contributed by atoms with van der Waals surface area (Å²) in [6.45, 7) is 2.92. The van der Waals surface area contributed by atoms with Gasteiger partial charge in [-0.3, -0.25) is 9.59 Å². The first-order valence-electron chi connectivity index (χ1n) is 9.48. The van der Waals surface area contributed by atoms with Crippen LogP contribution >= 0.6 is 12.4 Å². The first-order chi connectivity index (χ1) is 13.2. The van der Waals surface area contributed by atoms with Crippen molar-refractivity contribution < 1.29 is 9.59 Å². The molecule has 1 aromatic heterocycles. The van der Waals surface area contributed by atoms with Crippen molar-refractivity contribution in [3.63, 3.8) is 0 Å². The largest absolute Gasteiger partial charge is 0.337 e. The van der Waals surface area contributed by atoms with E-state index in [1.165, 1.54) is 5.56 Å². The number of benzene rings is 1. The highest BCUT2D eigenvalue weighted by Gasteiger charge is 2.23. The Morgan fingerprint density at radius 1 is 0.964 bits per heavy atom. The molecule has 150 valence electrons. The Morgan fingerprint density at radius 2 is 1.64 bits per heavy atom. The molecular formula is C21H27ClN4O2. The molecule has 0 radical (unpaired) electrons. The topological polar surface area (TPSA) is 79.5 Å². The lowest BCUT2D eigenvalue weighted by molar-refractivity contribution is 0.0754. The number of nitrogens with two attached hydrogens (primary N) is 1. The highest BCUT2D eigenvalue weighted by molar-refractivity contribution is 5.96. The van der Waals surface area contributed by atoms with E-state index in [1.807, 2.05) is 30.3 Å². The third-order valence-corrected chi connectivity index (χ3v) is 4.78. The van der Waals surface area contributed by atoms with Gasteiger partial charge in [-0.2, -0.15) is 0 Å². The lowest BCUT2D eigenvalue weighted by Crippen LogP contribution is -2.37. The summed E-state index contributed by atoms with van der Waals surface area (Å²) in [6.07, 6.45) is 2.79. The molecule has 2 amide bonds. The van der Waals surface area contributed by atoms with Gasteiger partial charge in [0.15, 0.2) is 0 Å². The van der Waals surface area contributed by atoms with Gasteiger partial charge in [-0.15, -0.1) is 12.4 Å². The summed E-state index contributed by atoms with van der Waals surface area (Å²) < 4.78 is 0. The highest BCUT2D eigenvalue weighted by Crippen LogP contribution is 2.13. The quantitative estimate of drug-likeness (QED) is 0.771. The van der Waals surface area contributed by atoms with E-state index in [2.05, 4.69) is 4.98 Å². The van der Waals surface area contributed by atoms with Crippen LogP contribution in [0.2, 0.25) is 0 Å². The molecule has 28 heavy (non-hydrogen) atoms. The molecule has 7 heteroatoms. The van der Waals surface area contributed by atoms with Crippen LogP contribution in [-0.4, -0.2) is 59.3 Å². The Bertz CT molecular complexity index is 779. The molecule has 0 bridgehead atoms. The number of hydrogen-bond donors (Lipinski definition) is 1. The Hall–Kier alpha value is -2.44. The predicted octanol–water partition coefficient (Wildman–Crippen LogP) is 2.38. The number of carbonyl (C=O) groups excluding carboxylic acids is 2. The van der Waals surface area contributed by atoms with Crippen LogP contribution in [0.5, 0.6) is 0 Å². The number of amides is 2. The molecule has 2 N–H and O–H groups in total. The summed E-state index contributed by atoms with van der Waals surface area (Å²) >= 11 is 0. The van der Waals surface area contributed by atoms with Crippen LogP contribution in [0.3, 0.4) is 0 Å². The second-order valence-electron chi connectivity index (χ2n) is 6.72. The van der Waals surface area contributed by atoms with Crippen molar-refractivity contribution >= 4 is 24.2 Å². The number of hydrogen-bond acceptors (Lipinski definition) is 4. The van der Waals surface area contributed by atoms with Crippen LogP contribution in [0, 0.1) is 0 Å². The van der Waals surface area contributed by atoms with Crippen LogP contribution in [0.4, 0.5) is 0 Å². The van der Waals surface area contributed by atoms with Crippen LogP contribution < -0.4 is 5.73 Å². The molecule has 1 saturated heterocycles. The van der Waals surface area contributed by atoms with E-state index >= 15 is 0 Å². The molecule has 0 saturated carbocycles. The molecule has 6 nitrogen and oxygen atoms in total. The van der Waals surface area contributed by atoms with Crippen LogP contribution in [0.25, 0.3) is 0 Å². The first kappa shape index (κ1) is 21.9. The summed E-state index contributed by atoms with van der Waals surface area (Å²) in [7, 11) is 0. The molecular weight excluding hydrogens is 376 g/mol. The number of pyridine rings is 1. The molecule has 1 aliphatic rings. The second-order valence-corrected chi connectivity index (χ2v) is 6.72. The summed E-state index contributed by atoms with van der Waals surface area (Å²) in [4.78, 5) is 33.3. The number of aromatic nitrogens is 1. The molecule has 1 fully saturated rings. The molecule has 0 atom stereocenters. The number of likely N-dealkylation sites (tertiary alicyclic amines) is 1. The summed E-state index contributed by atoms with van der Waals surface area (Å²) in [6, 6.07) is 15.1. The Morgan fingerprint density at radius 3 is 2.32 bits per heavy atom. The fourth-order valence-electron chi connectivity index (χ4n) is 3.30. The number of halogens is 1. The second kappa shape index (κ2) is 10.8. The number of nitrogens with zero attached hydrogens (tertiary/aromatic N) is 3. The Balaban J connectivity index is 0.00000280. The fourth-order valence-corrected chi connectivity index (χ4v) is 3.30. The SMILES string of the molecule is Cl.NCCN(CCc1ccccc1)C(=O)c1cccc(C(=O)N2CCCC2)n1. The first-order valence-corrected chi connectivity index (χ1v) is 9.48. The van der Waals surface area contributed by atoms with Crippen LogP contribution in [0.15, 0.2) is 48.5 Å². The van der Waals surface area contributed by atoms with Crippen LogP contribution in [-0.2, 0) is 6.42 Å². The molecule has 1 aliphatic heterocycles.